The average molecular weight is 265 g/mol. The van der Waals surface area contributed by atoms with Gasteiger partial charge in [-0.25, -0.2) is 0 Å². The molecule has 14 heavy (non-hydrogen) atoms. The van der Waals surface area contributed by atoms with Crippen LogP contribution in [0.25, 0.3) is 10.9 Å². The van der Waals surface area contributed by atoms with Crippen molar-refractivity contribution >= 4 is 10.9 Å². The molecule has 0 aliphatic heterocycles. The number of phenolic OH excluding ortho intramolecular Hbond substituents is 1. The quantitative estimate of drug-likeness (QED) is 0.768. The van der Waals surface area contributed by atoms with Crippen molar-refractivity contribution in [3.8, 4) is 5.75 Å². The molecule has 1 aromatic heterocycles. The van der Waals surface area contributed by atoms with Crippen molar-refractivity contribution < 1.29 is 37.8 Å². The maximum absolute atomic E-state index is 9.61. The first kappa shape index (κ1) is 11.7. The predicted molar refractivity (Wildman–Crippen MR) is 52.7 cm³/mol. The molecular weight excluding hydrogens is 253 g/mol. The van der Waals surface area contributed by atoms with Crippen molar-refractivity contribution in [3.05, 3.63) is 30.0 Å². The second kappa shape index (κ2) is 4.92. The number of nitrogens with two attached hydrogens (primary N) is 1. The Bertz CT molecular complexity index is 425. The van der Waals surface area contributed by atoms with Crippen LogP contribution in [0.15, 0.2) is 24.4 Å². The predicted octanol–water partition coefficient (Wildman–Crippen LogP) is 1.37. The summed E-state index contributed by atoms with van der Waals surface area (Å²) in [7, 11) is 0. The van der Waals surface area contributed by atoms with E-state index in [1.54, 1.807) is 6.07 Å². The van der Waals surface area contributed by atoms with Crippen LogP contribution in [0.1, 0.15) is 5.56 Å². The van der Waals surface area contributed by atoms with Crippen molar-refractivity contribution in [1.29, 1.82) is 0 Å². The van der Waals surface area contributed by atoms with Gasteiger partial charge < -0.3 is 15.8 Å². The van der Waals surface area contributed by atoms with Gasteiger partial charge >= 0.3 is 0 Å². The molecule has 0 aliphatic carbocycles. The van der Waals surface area contributed by atoms with Crippen molar-refractivity contribution in [2.45, 2.75) is 6.42 Å². The molecule has 71 valence electrons. The van der Waals surface area contributed by atoms with Crippen molar-refractivity contribution in [2.75, 3.05) is 6.54 Å². The van der Waals surface area contributed by atoms with Crippen LogP contribution in [-0.4, -0.2) is 16.6 Å². The van der Waals surface area contributed by atoms with Crippen LogP contribution in [0.5, 0.6) is 5.75 Å². The second-order valence-electron chi connectivity index (χ2n) is 3.05. The molecule has 4 heteroatoms. The number of phenols is 1. The summed E-state index contributed by atoms with van der Waals surface area (Å²) >= 11 is 0. The maximum Gasteiger partial charge on any atom is 0.125 e. The monoisotopic (exact) mass is 265 g/mol. The van der Waals surface area contributed by atoms with Gasteiger partial charge in [0.25, 0.3) is 0 Å². The summed E-state index contributed by atoms with van der Waals surface area (Å²) in [6, 6.07) is 5.45. The number of aromatic hydroxyl groups is 1. The number of hydrogen-bond acceptors (Lipinski definition) is 2. The Balaban J connectivity index is 0.000000980. The smallest absolute Gasteiger partial charge is 0.125 e. The zero-order valence-electron chi connectivity index (χ0n) is 7.83. The number of benzene rings is 1. The number of rotatable bonds is 2. The van der Waals surface area contributed by atoms with Gasteiger partial charge in [0, 0.05) is 49.8 Å². The Hall–Kier alpha value is -0.376. The first-order valence-electron chi connectivity index (χ1n) is 4.31. The van der Waals surface area contributed by atoms with E-state index in [4.69, 9.17) is 5.73 Å². The first-order valence-corrected chi connectivity index (χ1v) is 4.31. The van der Waals surface area contributed by atoms with Gasteiger partial charge in [0.15, 0.2) is 0 Å². The number of aromatic amines is 1. The van der Waals surface area contributed by atoms with Crippen molar-refractivity contribution in [1.82, 2.24) is 4.98 Å². The van der Waals surface area contributed by atoms with E-state index in [-0.39, 0.29) is 32.7 Å². The second-order valence-corrected chi connectivity index (χ2v) is 3.05. The number of H-pyrrole nitrogens is 1. The van der Waals surface area contributed by atoms with Crippen LogP contribution in [0.4, 0.5) is 0 Å². The zero-order valence-corrected chi connectivity index (χ0v) is 10.7. The normalized spacial score (nSPS) is 10.1. The summed E-state index contributed by atoms with van der Waals surface area (Å²) in [5.74, 6) is 0.321. The van der Waals surface area contributed by atoms with Crippen LogP contribution >= 0.6 is 0 Å². The Morgan fingerprint density at radius 2 is 2.14 bits per heavy atom. The van der Waals surface area contributed by atoms with E-state index >= 15 is 0 Å². The molecule has 2 aromatic rings. The fraction of sp³-hybridized carbons (Fsp3) is 0.200. The molecule has 1 heterocycles. The Morgan fingerprint density at radius 1 is 1.36 bits per heavy atom. The van der Waals surface area contributed by atoms with Crippen LogP contribution in [0.3, 0.4) is 0 Å². The van der Waals surface area contributed by atoms with Crippen LogP contribution < -0.4 is 5.73 Å². The number of aromatic nitrogens is 1. The summed E-state index contributed by atoms with van der Waals surface area (Å²) in [6.45, 7) is 0.598. The molecule has 0 atom stereocenters. The van der Waals surface area contributed by atoms with Crippen LogP contribution in [0.2, 0.25) is 0 Å². The van der Waals surface area contributed by atoms with Gasteiger partial charge in [0.05, 0.1) is 0 Å². The van der Waals surface area contributed by atoms with E-state index in [1.165, 1.54) is 0 Å². The molecule has 0 amide bonds. The summed E-state index contributed by atoms with van der Waals surface area (Å²) in [5.41, 5.74) is 7.51. The number of fused-ring (bicyclic) bond motifs is 1. The topological polar surface area (TPSA) is 62.0 Å². The maximum atomic E-state index is 9.61. The zero-order chi connectivity index (χ0) is 9.26. The third-order valence-electron chi connectivity index (χ3n) is 2.18. The van der Waals surface area contributed by atoms with Gasteiger partial charge in [-0.1, -0.05) is 6.07 Å². The molecule has 0 saturated heterocycles. The molecule has 0 bridgehead atoms. The Labute approximate surface area is 108 Å². The molecule has 3 nitrogen and oxygen atoms in total. The first-order chi connectivity index (χ1) is 6.33. The standard InChI is InChI=1S/C10H12N2O.Y/c11-5-4-7-6-12-8-2-1-3-9(13)10(7)8;/h1-3,6,12-13H,4-5,11H2;. The van der Waals surface area contributed by atoms with Gasteiger partial charge in [-0.05, 0) is 30.7 Å². The number of nitrogens with one attached hydrogen (secondary N) is 1. The van der Waals surface area contributed by atoms with E-state index in [1.807, 2.05) is 18.3 Å². The molecule has 0 unspecified atom stereocenters. The minimum Gasteiger partial charge on any atom is -0.507 e. The molecule has 2 rings (SSSR count). The number of hydrogen-bond donors (Lipinski definition) is 3. The summed E-state index contributed by atoms with van der Waals surface area (Å²) < 4.78 is 0. The van der Waals surface area contributed by atoms with Crippen LogP contribution in [0, 0.1) is 0 Å². The summed E-state index contributed by atoms with van der Waals surface area (Å²) in [4.78, 5) is 3.10. The molecule has 1 aromatic carbocycles. The third-order valence-corrected chi connectivity index (χ3v) is 2.18. The average Bonchev–Trinajstić information content (AvgIpc) is 2.51. The summed E-state index contributed by atoms with van der Waals surface area (Å²) in [5, 5.41) is 10.5. The molecule has 0 fully saturated rings. The summed E-state index contributed by atoms with van der Waals surface area (Å²) in [6.07, 6.45) is 2.69. The minimum absolute atomic E-state index is 0. The van der Waals surface area contributed by atoms with Gasteiger partial charge in [-0.15, -0.1) is 0 Å². The van der Waals surface area contributed by atoms with E-state index in [0.717, 1.165) is 22.9 Å². The van der Waals surface area contributed by atoms with Crippen molar-refractivity contribution in [2.24, 2.45) is 5.73 Å². The van der Waals surface area contributed by atoms with E-state index in [0.29, 0.717) is 12.3 Å². The fourth-order valence-electron chi connectivity index (χ4n) is 1.59. The van der Waals surface area contributed by atoms with Gasteiger partial charge in [-0.2, -0.15) is 0 Å². The van der Waals surface area contributed by atoms with E-state index in [9.17, 15) is 5.11 Å². The van der Waals surface area contributed by atoms with Gasteiger partial charge in [-0.3, -0.25) is 0 Å². The van der Waals surface area contributed by atoms with E-state index in [2.05, 4.69) is 4.98 Å². The Morgan fingerprint density at radius 3 is 2.86 bits per heavy atom. The molecule has 0 aliphatic rings. The van der Waals surface area contributed by atoms with Gasteiger partial charge in [0.2, 0.25) is 0 Å². The SMILES string of the molecule is NCCc1c[nH]c2cccc(O)c12.[Y]. The minimum atomic E-state index is 0. The van der Waals surface area contributed by atoms with E-state index < -0.39 is 0 Å². The molecular formula is C10H12N2OY. The van der Waals surface area contributed by atoms with Gasteiger partial charge in [0.1, 0.15) is 5.75 Å². The fourth-order valence-corrected chi connectivity index (χ4v) is 1.59. The molecule has 0 saturated carbocycles. The van der Waals surface area contributed by atoms with Crippen LogP contribution in [-0.2, 0) is 39.1 Å². The largest absolute Gasteiger partial charge is 0.507 e. The molecule has 0 spiro atoms. The molecule has 1 radical (unpaired) electrons. The third kappa shape index (κ3) is 2.00. The molecule has 4 N–H and O–H groups in total. The van der Waals surface area contributed by atoms with Crippen molar-refractivity contribution in [3.63, 3.8) is 0 Å². The Kier molecular flexibility index (Phi) is 4.11.